The van der Waals surface area contributed by atoms with Gasteiger partial charge in [-0.2, -0.15) is 0 Å². The number of amides is 1. The first-order valence-corrected chi connectivity index (χ1v) is 7.78. The minimum absolute atomic E-state index is 0.112. The fourth-order valence-corrected chi connectivity index (χ4v) is 2.57. The number of benzene rings is 1. The smallest absolute Gasteiger partial charge is 0.228 e. The Morgan fingerprint density at radius 2 is 2.17 bits per heavy atom. The van der Waals surface area contributed by atoms with Crippen LogP contribution < -0.4 is 5.32 Å². The molecule has 0 aliphatic rings. The number of nitrogens with zero attached hydrogens (tertiary/aromatic N) is 4. The highest BCUT2D eigenvalue weighted by Crippen LogP contribution is 2.21. The zero-order valence-corrected chi connectivity index (χ0v) is 13.9. The molecule has 0 aliphatic carbocycles. The first-order chi connectivity index (χ1) is 11.6. The molecule has 0 aliphatic heterocycles. The summed E-state index contributed by atoms with van der Waals surface area (Å²) in [4.78, 5) is 12.3. The van der Waals surface area contributed by atoms with Crippen molar-refractivity contribution in [1.29, 1.82) is 0 Å². The number of carbonyl (C=O) groups excluding carboxylic acids is 1. The molecule has 1 N–H and O–H groups in total. The van der Waals surface area contributed by atoms with E-state index in [2.05, 4.69) is 20.7 Å². The number of aromatic nitrogens is 4. The van der Waals surface area contributed by atoms with E-state index >= 15 is 0 Å². The first kappa shape index (κ1) is 15.9. The highest BCUT2D eigenvalue weighted by atomic mass is 16.5. The average Bonchev–Trinajstić information content (AvgIpc) is 3.17. The normalized spacial score (nSPS) is 10.8. The van der Waals surface area contributed by atoms with Gasteiger partial charge in [-0.15, -0.1) is 10.2 Å². The molecule has 2 aromatic heterocycles. The van der Waals surface area contributed by atoms with Crippen molar-refractivity contribution in [2.24, 2.45) is 0 Å². The molecular weight excluding hydrogens is 306 g/mol. The minimum atomic E-state index is -0.112. The molecular formula is C17H19N5O2. The predicted octanol–water partition coefficient (Wildman–Crippen LogP) is 2.75. The van der Waals surface area contributed by atoms with E-state index in [1.807, 2.05) is 42.7 Å². The fraction of sp³-hybridized carbons (Fsp3) is 0.294. The molecule has 0 saturated heterocycles. The predicted molar refractivity (Wildman–Crippen MR) is 89.4 cm³/mol. The number of aryl methyl sites for hydroxylation is 3. The van der Waals surface area contributed by atoms with Gasteiger partial charge >= 0.3 is 0 Å². The number of carbonyl (C=O) groups is 1. The topological polar surface area (TPSA) is 85.8 Å². The standard InChI is InChI=1S/C17H19N5O2/c1-4-22-10-18-20-17(22)13-6-5-7-14(8-13)19-16(23)9-15-11(2)21-24-12(15)3/h5-8,10H,4,9H2,1-3H3,(H,19,23). The van der Waals surface area contributed by atoms with Gasteiger partial charge in [0.15, 0.2) is 5.82 Å². The number of rotatable bonds is 5. The third-order valence-electron chi connectivity index (χ3n) is 3.88. The molecule has 7 heteroatoms. The molecule has 7 nitrogen and oxygen atoms in total. The van der Waals surface area contributed by atoms with Gasteiger partial charge < -0.3 is 14.4 Å². The lowest BCUT2D eigenvalue weighted by Crippen LogP contribution is -2.15. The highest BCUT2D eigenvalue weighted by molar-refractivity contribution is 5.93. The largest absolute Gasteiger partial charge is 0.361 e. The van der Waals surface area contributed by atoms with Crippen LogP contribution >= 0.6 is 0 Å². The fourth-order valence-electron chi connectivity index (χ4n) is 2.57. The van der Waals surface area contributed by atoms with Crippen LogP contribution in [0.1, 0.15) is 23.9 Å². The molecule has 24 heavy (non-hydrogen) atoms. The van der Waals surface area contributed by atoms with E-state index in [-0.39, 0.29) is 12.3 Å². The van der Waals surface area contributed by atoms with Crippen molar-refractivity contribution in [3.63, 3.8) is 0 Å². The van der Waals surface area contributed by atoms with Crippen LogP contribution in [0.3, 0.4) is 0 Å². The summed E-state index contributed by atoms with van der Waals surface area (Å²) < 4.78 is 7.04. The van der Waals surface area contributed by atoms with Crippen LogP contribution in [-0.2, 0) is 17.8 Å². The third-order valence-corrected chi connectivity index (χ3v) is 3.88. The van der Waals surface area contributed by atoms with E-state index in [0.29, 0.717) is 5.76 Å². The van der Waals surface area contributed by atoms with Crippen molar-refractivity contribution < 1.29 is 9.32 Å². The van der Waals surface area contributed by atoms with Gasteiger partial charge in [-0.1, -0.05) is 17.3 Å². The summed E-state index contributed by atoms with van der Waals surface area (Å²) in [5.74, 6) is 1.34. The average molecular weight is 325 g/mol. The number of hydrogen-bond acceptors (Lipinski definition) is 5. The molecule has 0 fully saturated rings. The Labute approximate surface area is 139 Å². The molecule has 0 bridgehead atoms. The Balaban J connectivity index is 1.76. The minimum Gasteiger partial charge on any atom is -0.361 e. The van der Waals surface area contributed by atoms with E-state index in [9.17, 15) is 4.79 Å². The highest BCUT2D eigenvalue weighted by Gasteiger charge is 2.14. The SMILES string of the molecule is CCn1cnnc1-c1cccc(NC(=O)Cc2c(C)noc2C)c1. The van der Waals surface area contributed by atoms with Gasteiger partial charge in [0.25, 0.3) is 0 Å². The molecule has 1 amide bonds. The first-order valence-electron chi connectivity index (χ1n) is 7.78. The lowest BCUT2D eigenvalue weighted by molar-refractivity contribution is -0.115. The van der Waals surface area contributed by atoms with Gasteiger partial charge in [0.2, 0.25) is 5.91 Å². The van der Waals surface area contributed by atoms with Crippen LogP contribution in [0.5, 0.6) is 0 Å². The molecule has 0 spiro atoms. The summed E-state index contributed by atoms with van der Waals surface area (Å²) >= 11 is 0. The Morgan fingerprint density at radius 3 is 2.88 bits per heavy atom. The van der Waals surface area contributed by atoms with Gasteiger partial charge in [0.05, 0.1) is 12.1 Å². The number of nitrogens with one attached hydrogen (secondary N) is 1. The molecule has 3 rings (SSSR count). The maximum Gasteiger partial charge on any atom is 0.228 e. The Hall–Kier alpha value is -2.96. The van der Waals surface area contributed by atoms with Crippen molar-refractivity contribution in [3.05, 3.63) is 47.6 Å². The second kappa shape index (κ2) is 6.66. The van der Waals surface area contributed by atoms with Gasteiger partial charge in [-0.3, -0.25) is 4.79 Å². The maximum absolute atomic E-state index is 12.3. The van der Waals surface area contributed by atoms with E-state index in [0.717, 1.165) is 34.9 Å². The number of hydrogen-bond donors (Lipinski definition) is 1. The quantitative estimate of drug-likeness (QED) is 0.779. The van der Waals surface area contributed by atoms with Crippen LogP contribution in [0.25, 0.3) is 11.4 Å². The molecule has 0 saturated carbocycles. The zero-order valence-electron chi connectivity index (χ0n) is 13.9. The lowest BCUT2D eigenvalue weighted by Gasteiger charge is -2.08. The summed E-state index contributed by atoms with van der Waals surface area (Å²) in [6, 6.07) is 7.57. The summed E-state index contributed by atoms with van der Waals surface area (Å²) in [5.41, 5.74) is 3.20. The van der Waals surface area contributed by atoms with Gasteiger partial charge in [0.1, 0.15) is 12.1 Å². The summed E-state index contributed by atoms with van der Waals surface area (Å²) in [5, 5.41) is 14.9. The molecule has 0 unspecified atom stereocenters. The van der Waals surface area contributed by atoms with Crippen LogP contribution in [0.15, 0.2) is 35.1 Å². The zero-order chi connectivity index (χ0) is 17.1. The molecule has 2 heterocycles. The second-order valence-electron chi connectivity index (χ2n) is 5.55. The van der Waals surface area contributed by atoms with E-state index in [4.69, 9.17) is 4.52 Å². The van der Waals surface area contributed by atoms with Crippen molar-refractivity contribution in [2.75, 3.05) is 5.32 Å². The Kier molecular flexibility index (Phi) is 4.41. The molecule has 124 valence electrons. The van der Waals surface area contributed by atoms with Gasteiger partial charge in [-0.05, 0) is 32.9 Å². The summed E-state index contributed by atoms with van der Waals surface area (Å²) in [7, 11) is 0. The maximum atomic E-state index is 12.3. The molecule has 3 aromatic rings. The van der Waals surface area contributed by atoms with Crippen LogP contribution in [0, 0.1) is 13.8 Å². The van der Waals surface area contributed by atoms with Gasteiger partial charge in [0, 0.05) is 23.4 Å². The Morgan fingerprint density at radius 1 is 1.33 bits per heavy atom. The van der Waals surface area contributed by atoms with Gasteiger partial charge in [-0.25, -0.2) is 0 Å². The van der Waals surface area contributed by atoms with E-state index in [1.54, 1.807) is 13.3 Å². The summed E-state index contributed by atoms with van der Waals surface area (Å²) in [6.07, 6.45) is 1.93. The van der Waals surface area contributed by atoms with E-state index in [1.165, 1.54) is 0 Å². The number of anilines is 1. The van der Waals surface area contributed by atoms with Crippen molar-refractivity contribution in [1.82, 2.24) is 19.9 Å². The second-order valence-corrected chi connectivity index (χ2v) is 5.55. The van der Waals surface area contributed by atoms with Crippen molar-refractivity contribution >= 4 is 11.6 Å². The summed E-state index contributed by atoms with van der Waals surface area (Å²) in [6.45, 7) is 6.45. The molecule has 1 aromatic carbocycles. The van der Waals surface area contributed by atoms with Crippen molar-refractivity contribution in [3.8, 4) is 11.4 Å². The van der Waals surface area contributed by atoms with Crippen LogP contribution in [-0.4, -0.2) is 25.8 Å². The molecule has 0 atom stereocenters. The van der Waals surface area contributed by atoms with Crippen LogP contribution in [0.4, 0.5) is 5.69 Å². The Bertz CT molecular complexity index is 846. The monoisotopic (exact) mass is 325 g/mol. The third kappa shape index (κ3) is 3.19. The van der Waals surface area contributed by atoms with E-state index < -0.39 is 0 Å². The molecule has 0 radical (unpaired) electrons. The van der Waals surface area contributed by atoms with Crippen LogP contribution in [0.2, 0.25) is 0 Å². The van der Waals surface area contributed by atoms with Crippen molar-refractivity contribution in [2.45, 2.75) is 33.7 Å². The lowest BCUT2D eigenvalue weighted by atomic mass is 10.1.